The molecule has 0 spiro atoms. The lowest BCUT2D eigenvalue weighted by Gasteiger charge is -2.14. The predicted octanol–water partition coefficient (Wildman–Crippen LogP) is 3.04. The van der Waals surface area contributed by atoms with Gasteiger partial charge in [0.15, 0.2) is 11.6 Å². The topological polar surface area (TPSA) is 43.0 Å². The lowest BCUT2D eigenvalue weighted by Crippen LogP contribution is -3.07. The van der Waals surface area contributed by atoms with Gasteiger partial charge in [0, 0.05) is 47.9 Å². The molecule has 4 heteroatoms. The molecular formula is C30H38N2O2+2. The molecule has 0 saturated heterocycles. The van der Waals surface area contributed by atoms with Crippen LogP contribution in [-0.4, -0.2) is 38.8 Å². The molecular weight excluding hydrogens is 420 g/mol. The van der Waals surface area contributed by atoms with Crippen LogP contribution in [0.1, 0.15) is 57.5 Å². The second-order valence-electron chi connectivity index (χ2n) is 9.37. The van der Waals surface area contributed by atoms with E-state index in [9.17, 15) is 9.59 Å². The standard InChI is InChI=1S/C30H36N2O2/c1-31(23-25-11-5-3-6-12-25)21-9-15-29(33)27-17-19-28(20-18-27)30(34)16-10-22-32(2)24-26-13-7-4-8-14-26/h3-8,11-14,17-20H,9-10,15-16,21-24H2,1-2H3/p+2. The Balaban J connectivity index is 1.36. The lowest BCUT2D eigenvalue weighted by molar-refractivity contribution is -0.893. The minimum Gasteiger partial charge on any atom is -0.334 e. The molecule has 3 aromatic carbocycles. The highest BCUT2D eigenvalue weighted by Crippen LogP contribution is 2.11. The molecule has 0 aliphatic rings. The molecule has 2 atom stereocenters. The van der Waals surface area contributed by atoms with Gasteiger partial charge in [-0.25, -0.2) is 0 Å². The summed E-state index contributed by atoms with van der Waals surface area (Å²) in [5.74, 6) is 0.301. The number of carbonyl (C=O) groups is 2. The van der Waals surface area contributed by atoms with Crippen LogP contribution in [-0.2, 0) is 13.1 Å². The van der Waals surface area contributed by atoms with Gasteiger partial charge < -0.3 is 9.80 Å². The summed E-state index contributed by atoms with van der Waals surface area (Å²) >= 11 is 0. The van der Waals surface area contributed by atoms with Crippen molar-refractivity contribution in [1.29, 1.82) is 0 Å². The Labute approximate surface area is 204 Å². The number of ketones is 2. The molecule has 0 amide bonds. The molecule has 178 valence electrons. The number of quaternary nitrogens is 2. The third-order valence-electron chi connectivity index (χ3n) is 6.24. The fourth-order valence-electron chi connectivity index (χ4n) is 4.30. The van der Waals surface area contributed by atoms with Gasteiger partial charge in [0.1, 0.15) is 13.1 Å². The predicted molar refractivity (Wildman–Crippen MR) is 137 cm³/mol. The zero-order valence-electron chi connectivity index (χ0n) is 20.6. The first-order valence-corrected chi connectivity index (χ1v) is 12.4. The van der Waals surface area contributed by atoms with E-state index in [4.69, 9.17) is 0 Å². The van der Waals surface area contributed by atoms with E-state index in [2.05, 4.69) is 62.6 Å². The van der Waals surface area contributed by atoms with Crippen LogP contribution >= 0.6 is 0 Å². The van der Waals surface area contributed by atoms with Crippen molar-refractivity contribution in [2.75, 3.05) is 27.2 Å². The van der Waals surface area contributed by atoms with E-state index in [0.29, 0.717) is 24.0 Å². The van der Waals surface area contributed by atoms with E-state index in [0.717, 1.165) is 39.0 Å². The van der Waals surface area contributed by atoms with Crippen LogP contribution in [0.2, 0.25) is 0 Å². The largest absolute Gasteiger partial charge is 0.334 e. The van der Waals surface area contributed by atoms with E-state index < -0.39 is 0 Å². The Morgan fingerprint density at radius 3 is 1.26 bits per heavy atom. The fraction of sp³-hybridized carbons (Fsp3) is 0.333. The summed E-state index contributed by atoms with van der Waals surface area (Å²) < 4.78 is 0. The quantitative estimate of drug-likeness (QED) is 0.365. The lowest BCUT2D eigenvalue weighted by atomic mass is 10.0. The van der Waals surface area contributed by atoms with Crippen LogP contribution in [0.5, 0.6) is 0 Å². The Kier molecular flexibility index (Phi) is 10.2. The van der Waals surface area contributed by atoms with E-state index >= 15 is 0 Å². The normalized spacial score (nSPS) is 12.8. The molecule has 0 heterocycles. The average molecular weight is 459 g/mol. The highest BCUT2D eigenvalue weighted by molar-refractivity contribution is 5.99. The van der Waals surface area contributed by atoms with Crippen molar-refractivity contribution in [2.24, 2.45) is 0 Å². The van der Waals surface area contributed by atoms with Crippen LogP contribution in [0.25, 0.3) is 0 Å². The van der Waals surface area contributed by atoms with Crippen molar-refractivity contribution >= 4 is 11.6 Å². The second-order valence-corrected chi connectivity index (χ2v) is 9.37. The summed E-state index contributed by atoms with van der Waals surface area (Å²) in [7, 11) is 4.33. The summed E-state index contributed by atoms with van der Waals surface area (Å²) in [6, 6.07) is 28.1. The van der Waals surface area contributed by atoms with Crippen molar-refractivity contribution in [2.45, 2.75) is 38.8 Å². The fourth-order valence-corrected chi connectivity index (χ4v) is 4.30. The highest BCUT2D eigenvalue weighted by atomic mass is 16.1. The van der Waals surface area contributed by atoms with Gasteiger partial charge in [0.25, 0.3) is 0 Å². The first-order valence-electron chi connectivity index (χ1n) is 12.4. The number of carbonyl (C=O) groups excluding carboxylic acids is 2. The SMILES string of the molecule is C[NH+](CCCC(=O)c1ccc(C(=O)CCC[NH+](C)Cc2ccccc2)cc1)Cc1ccccc1. The molecule has 0 fully saturated rings. The van der Waals surface area contributed by atoms with Crippen LogP contribution in [0.15, 0.2) is 84.9 Å². The van der Waals surface area contributed by atoms with Gasteiger partial charge in [-0.05, 0) is 0 Å². The third-order valence-corrected chi connectivity index (χ3v) is 6.24. The summed E-state index contributed by atoms with van der Waals surface area (Å²) in [5, 5.41) is 0. The molecule has 3 rings (SSSR count). The van der Waals surface area contributed by atoms with Gasteiger partial charge in [0.05, 0.1) is 27.2 Å². The van der Waals surface area contributed by atoms with Gasteiger partial charge in [-0.15, -0.1) is 0 Å². The molecule has 2 unspecified atom stereocenters. The maximum Gasteiger partial charge on any atom is 0.163 e. The molecule has 0 radical (unpaired) electrons. The zero-order valence-corrected chi connectivity index (χ0v) is 20.6. The molecule has 0 aliphatic carbocycles. The van der Waals surface area contributed by atoms with E-state index in [1.54, 1.807) is 0 Å². The number of nitrogens with one attached hydrogen (secondary N) is 2. The Hall–Kier alpha value is -3.08. The molecule has 4 nitrogen and oxygen atoms in total. The molecule has 2 N–H and O–H groups in total. The van der Waals surface area contributed by atoms with E-state index in [1.807, 2.05) is 36.4 Å². The van der Waals surface area contributed by atoms with Crippen molar-refractivity contribution < 1.29 is 19.4 Å². The Bertz CT molecular complexity index is 932. The van der Waals surface area contributed by atoms with Gasteiger partial charge >= 0.3 is 0 Å². The van der Waals surface area contributed by atoms with E-state index in [1.165, 1.54) is 20.9 Å². The maximum absolute atomic E-state index is 12.6. The number of rotatable bonds is 14. The minimum atomic E-state index is 0.151. The first-order chi connectivity index (χ1) is 16.5. The maximum atomic E-state index is 12.6. The Morgan fingerprint density at radius 1 is 0.559 bits per heavy atom. The van der Waals surface area contributed by atoms with Crippen LogP contribution in [0, 0.1) is 0 Å². The number of hydrogen-bond acceptors (Lipinski definition) is 2. The van der Waals surface area contributed by atoms with Gasteiger partial charge in [0.2, 0.25) is 0 Å². The molecule has 0 bridgehead atoms. The van der Waals surface area contributed by atoms with Crippen molar-refractivity contribution in [3.63, 3.8) is 0 Å². The van der Waals surface area contributed by atoms with Gasteiger partial charge in [-0.3, -0.25) is 9.59 Å². The number of hydrogen-bond donors (Lipinski definition) is 2. The second kappa shape index (κ2) is 13.6. The van der Waals surface area contributed by atoms with Crippen molar-refractivity contribution in [3.8, 4) is 0 Å². The van der Waals surface area contributed by atoms with E-state index in [-0.39, 0.29) is 11.6 Å². The van der Waals surface area contributed by atoms with Crippen LogP contribution in [0.4, 0.5) is 0 Å². The van der Waals surface area contributed by atoms with Crippen molar-refractivity contribution in [3.05, 3.63) is 107 Å². The molecule has 3 aromatic rings. The first kappa shape index (κ1) is 25.5. The summed E-state index contributed by atoms with van der Waals surface area (Å²) in [4.78, 5) is 27.9. The van der Waals surface area contributed by atoms with Crippen LogP contribution < -0.4 is 9.80 Å². The number of Topliss-reactive ketones (excluding diaryl/α,β-unsaturated/α-hetero) is 2. The molecule has 0 saturated carbocycles. The van der Waals surface area contributed by atoms with Gasteiger partial charge in [-0.2, -0.15) is 0 Å². The summed E-state index contributed by atoms with van der Waals surface area (Å²) in [6.45, 7) is 3.85. The summed E-state index contributed by atoms with van der Waals surface area (Å²) in [5.41, 5.74) is 4.03. The molecule has 34 heavy (non-hydrogen) atoms. The summed E-state index contributed by atoms with van der Waals surface area (Å²) in [6.07, 6.45) is 2.79. The van der Waals surface area contributed by atoms with Crippen LogP contribution in [0.3, 0.4) is 0 Å². The monoisotopic (exact) mass is 458 g/mol. The Morgan fingerprint density at radius 2 is 0.912 bits per heavy atom. The zero-order chi connectivity index (χ0) is 24.2. The van der Waals surface area contributed by atoms with Crippen molar-refractivity contribution in [1.82, 2.24) is 0 Å². The average Bonchev–Trinajstić information content (AvgIpc) is 2.85. The molecule has 0 aliphatic heterocycles. The smallest absolute Gasteiger partial charge is 0.163 e. The highest BCUT2D eigenvalue weighted by Gasteiger charge is 2.12. The molecule has 0 aromatic heterocycles. The van der Waals surface area contributed by atoms with Gasteiger partial charge in [-0.1, -0.05) is 84.9 Å². The minimum absolute atomic E-state index is 0.151. The third kappa shape index (κ3) is 8.69. The number of benzene rings is 3.